The third-order valence-corrected chi connectivity index (χ3v) is 4.03. The maximum absolute atomic E-state index is 3.69. The second-order valence-electron chi connectivity index (χ2n) is 4.40. The SMILES string of the molecule is CCCNC(CSCCC)C(C)CCC. The van der Waals surface area contributed by atoms with E-state index < -0.39 is 0 Å². The standard InChI is InChI=1S/C13H29NS/c1-5-8-12(4)13(14-9-6-2)11-15-10-7-3/h12-14H,5-11H2,1-4H3. The zero-order valence-electron chi connectivity index (χ0n) is 11.0. The summed E-state index contributed by atoms with van der Waals surface area (Å²) in [6.07, 6.45) is 5.21. The maximum atomic E-state index is 3.69. The molecule has 0 rings (SSSR count). The summed E-state index contributed by atoms with van der Waals surface area (Å²) < 4.78 is 0. The average molecular weight is 231 g/mol. The van der Waals surface area contributed by atoms with Crippen LogP contribution in [-0.2, 0) is 0 Å². The Hall–Kier alpha value is 0.310. The summed E-state index contributed by atoms with van der Waals surface area (Å²) in [6, 6.07) is 0.724. The van der Waals surface area contributed by atoms with Crippen LogP contribution in [0.15, 0.2) is 0 Å². The lowest BCUT2D eigenvalue weighted by Crippen LogP contribution is -2.37. The molecule has 0 heterocycles. The van der Waals surface area contributed by atoms with Gasteiger partial charge in [-0.05, 0) is 37.5 Å². The van der Waals surface area contributed by atoms with Crippen molar-refractivity contribution in [1.29, 1.82) is 0 Å². The van der Waals surface area contributed by atoms with Gasteiger partial charge in [-0.1, -0.05) is 34.1 Å². The van der Waals surface area contributed by atoms with E-state index in [1.807, 2.05) is 0 Å². The Labute approximate surface area is 101 Å². The molecule has 2 unspecified atom stereocenters. The van der Waals surface area contributed by atoms with Gasteiger partial charge < -0.3 is 5.32 Å². The molecule has 0 aromatic rings. The molecule has 15 heavy (non-hydrogen) atoms. The zero-order chi connectivity index (χ0) is 11.5. The second kappa shape index (κ2) is 10.8. The van der Waals surface area contributed by atoms with Crippen LogP contribution in [-0.4, -0.2) is 24.1 Å². The van der Waals surface area contributed by atoms with Crippen LogP contribution in [0.2, 0.25) is 0 Å². The third kappa shape index (κ3) is 8.15. The molecule has 0 amide bonds. The summed E-state index contributed by atoms with van der Waals surface area (Å²) in [5, 5.41) is 3.69. The van der Waals surface area contributed by atoms with Crippen LogP contribution in [0.3, 0.4) is 0 Å². The first-order valence-corrected chi connectivity index (χ1v) is 7.72. The first kappa shape index (κ1) is 15.3. The van der Waals surface area contributed by atoms with E-state index in [0.29, 0.717) is 0 Å². The number of thioether (sulfide) groups is 1. The van der Waals surface area contributed by atoms with Gasteiger partial charge in [-0.3, -0.25) is 0 Å². The zero-order valence-corrected chi connectivity index (χ0v) is 11.8. The predicted octanol–water partition coefficient (Wildman–Crippen LogP) is 3.93. The Morgan fingerprint density at radius 3 is 2.33 bits per heavy atom. The fraction of sp³-hybridized carbons (Fsp3) is 1.00. The lowest BCUT2D eigenvalue weighted by atomic mass is 9.98. The molecule has 0 saturated carbocycles. The van der Waals surface area contributed by atoms with Gasteiger partial charge in [0.15, 0.2) is 0 Å². The molecule has 0 spiro atoms. The van der Waals surface area contributed by atoms with Gasteiger partial charge in [0.25, 0.3) is 0 Å². The lowest BCUT2D eigenvalue weighted by molar-refractivity contribution is 0.382. The van der Waals surface area contributed by atoms with Crippen LogP contribution >= 0.6 is 11.8 Å². The van der Waals surface area contributed by atoms with E-state index in [0.717, 1.165) is 12.0 Å². The number of hydrogen-bond donors (Lipinski definition) is 1. The molecule has 0 saturated heterocycles. The molecule has 1 nitrogen and oxygen atoms in total. The lowest BCUT2D eigenvalue weighted by Gasteiger charge is -2.24. The summed E-state index contributed by atoms with van der Waals surface area (Å²) in [4.78, 5) is 0. The smallest absolute Gasteiger partial charge is 0.0183 e. The molecular formula is C13H29NS. The topological polar surface area (TPSA) is 12.0 Å². The maximum Gasteiger partial charge on any atom is 0.0183 e. The number of nitrogens with one attached hydrogen (secondary N) is 1. The highest BCUT2D eigenvalue weighted by molar-refractivity contribution is 7.99. The Morgan fingerprint density at radius 1 is 1.07 bits per heavy atom. The van der Waals surface area contributed by atoms with E-state index >= 15 is 0 Å². The van der Waals surface area contributed by atoms with Crippen LogP contribution < -0.4 is 5.32 Å². The van der Waals surface area contributed by atoms with E-state index in [9.17, 15) is 0 Å². The van der Waals surface area contributed by atoms with E-state index in [4.69, 9.17) is 0 Å². The van der Waals surface area contributed by atoms with E-state index in [2.05, 4.69) is 44.8 Å². The Balaban J connectivity index is 3.81. The van der Waals surface area contributed by atoms with Crippen LogP contribution in [0.4, 0.5) is 0 Å². The normalized spacial score (nSPS) is 15.2. The summed E-state index contributed by atoms with van der Waals surface area (Å²) >= 11 is 2.10. The van der Waals surface area contributed by atoms with E-state index in [1.165, 1.54) is 43.7 Å². The molecular weight excluding hydrogens is 202 g/mol. The van der Waals surface area contributed by atoms with Crippen molar-refractivity contribution in [3.05, 3.63) is 0 Å². The third-order valence-electron chi connectivity index (χ3n) is 2.73. The van der Waals surface area contributed by atoms with Gasteiger partial charge in [-0.25, -0.2) is 0 Å². The monoisotopic (exact) mass is 231 g/mol. The van der Waals surface area contributed by atoms with Crippen molar-refractivity contribution in [2.75, 3.05) is 18.1 Å². The molecule has 0 aliphatic rings. The molecule has 0 aliphatic heterocycles. The second-order valence-corrected chi connectivity index (χ2v) is 5.55. The molecule has 0 bridgehead atoms. The Kier molecular flexibility index (Phi) is 11.0. The van der Waals surface area contributed by atoms with Crippen LogP contribution in [0.1, 0.15) is 53.4 Å². The molecule has 0 radical (unpaired) electrons. The minimum atomic E-state index is 0.724. The fourth-order valence-corrected chi connectivity index (χ4v) is 2.92. The van der Waals surface area contributed by atoms with Crippen molar-refractivity contribution in [1.82, 2.24) is 5.32 Å². The van der Waals surface area contributed by atoms with Crippen molar-refractivity contribution < 1.29 is 0 Å². The van der Waals surface area contributed by atoms with Gasteiger partial charge in [-0.2, -0.15) is 11.8 Å². The van der Waals surface area contributed by atoms with Crippen molar-refractivity contribution >= 4 is 11.8 Å². The van der Waals surface area contributed by atoms with Crippen molar-refractivity contribution in [2.24, 2.45) is 5.92 Å². The van der Waals surface area contributed by atoms with E-state index in [1.54, 1.807) is 0 Å². The van der Waals surface area contributed by atoms with Crippen molar-refractivity contribution in [3.8, 4) is 0 Å². The molecule has 0 aromatic carbocycles. The largest absolute Gasteiger partial charge is 0.313 e. The molecule has 1 N–H and O–H groups in total. The quantitative estimate of drug-likeness (QED) is 0.572. The molecule has 0 aromatic heterocycles. The van der Waals surface area contributed by atoms with Gasteiger partial charge in [0.2, 0.25) is 0 Å². The minimum Gasteiger partial charge on any atom is -0.313 e. The highest BCUT2D eigenvalue weighted by Crippen LogP contribution is 2.16. The molecule has 0 fully saturated rings. The Bertz CT molecular complexity index is 128. The van der Waals surface area contributed by atoms with E-state index in [-0.39, 0.29) is 0 Å². The summed E-state index contributed by atoms with van der Waals surface area (Å²) in [5.74, 6) is 3.42. The van der Waals surface area contributed by atoms with Crippen molar-refractivity contribution in [3.63, 3.8) is 0 Å². The van der Waals surface area contributed by atoms with Crippen molar-refractivity contribution in [2.45, 2.75) is 59.4 Å². The van der Waals surface area contributed by atoms with Gasteiger partial charge in [-0.15, -0.1) is 0 Å². The first-order valence-electron chi connectivity index (χ1n) is 6.57. The molecule has 0 aliphatic carbocycles. The van der Waals surface area contributed by atoms with Gasteiger partial charge >= 0.3 is 0 Å². The van der Waals surface area contributed by atoms with Crippen LogP contribution in [0.25, 0.3) is 0 Å². The summed E-state index contributed by atoms with van der Waals surface area (Å²) in [7, 11) is 0. The number of hydrogen-bond acceptors (Lipinski definition) is 2. The Morgan fingerprint density at radius 2 is 1.80 bits per heavy atom. The molecule has 2 atom stereocenters. The van der Waals surface area contributed by atoms with Gasteiger partial charge in [0.05, 0.1) is 0 Å². The van der Waals surface area contributed by atoms with Crippen LogP contribution in [0.5, 0.6) is 0 Å². The predicted molar refractivity (Wildman–Crippen MR) is 73.8 cm³/mol. The number of rotatable bonds is 10. The average Bonchev–Trinajstić information content (AvgIpc) is 2.23. The van der Waals surface area contributed by atoms with Gasteiger partial charge in [0.1, 0.15) is 0 Å². The molecule has 2 heteroatoms. The van der Waals surface area contributed by atoms with Crippen LogP contribution in [0, 0.1) is 5.92 Å². The minimum absolute atomic E-state index is 0.724. The highest BCUT2D eigenvalue weighted by atomic mass is 32.2. The summed E-state index contributed by atoms with van der Waals surface area (Å²) in [5.41, 5.74) is 0. The first-order chi connectivity index (χ1) is 7.26. The molecule has 92 valence electrons. The van der Waals surface area contributed by atoms with Gasteiger partial charge in [0, 0.05) is 11.8 Å². The fourth-order valence-electron chi connectivity index (χ4n) is 1.77. The summed E-state index contributed by atoms with van der Waals surface area (Å²) in [6.45, 7) is 10.4. The highest BCUT2D eigenvalue weighted by Gasteiger charge is 2.15.